The summed E-state index contributed by atoms with van der Waals surface area (Å²) in [5.41, 5.74) is 2.00. The van der Waals surface area contributed by atoms with Crippen molar-refractivity contribution in [2.45, 2.75) is 19.1 Å². The number of hydrogen-bond acceptors (Lipinski definition) is 4. The summed E-state index contributed by atoms with van der Waals surface area (Å²) in [6.07, 6.45) is -0.693. The summed E-state index contributed by atoms with van der Waals surface area (Å²) in [5, 5.41) is 20.3. The first kappa shape index (κ1) is 17.0. The van der Waals surface area contributed by atoms with Crippen LogP contribution in [-0.4, -0.2) is 23.2 Å². The van der Waals surface area contributed by atoms with E-state index in [0.29, 0.717) is 11.1 Å². The Kier molecular flexibility index (Phi) is 5.92. The third kappa shape index (κ3) is 5.14. The lowest BCUT2D eigenvalue weighted by atomic mass is 10.0. The van der Waals surface area contributed by atoms with Crippen LogP contribution in [0.2, 0.25) is 0 Å². The van der Waals surface area contributed by atoms with E-state index in [1.807, 2.05) is 24.3 Å². The highest BCUT2D eigenvalue weighted by molar-refractivity contribution is 5.80. The Morgan fingerprint density at radius 3 is 2.33 bits per heavy atom. The summed E-state index contributed by atoms with van der Waals surface area (Å²) >= 11 is 0. The Hall–Kier alpha value is -3.33. The number of rotatable bonds is 6. The van der Waals surface area contributed by atoms with Crippen molar-refractivity contribution in [2.75, 3.05) is 0 Å². The summed E-state index contributed by atoms with van der Waals surface area (Å²) in [6, 6.07) is 16.5. The molecule has 2 N–H and O–H groups in total. The van der Waals surface area contributed by atoms with Crippen LogP contribution < -0.4 is 5.32 Å². The lowest BCUT2D eigenvalue weighted by Crippen LogP contribution is -2.42. The van der Waals surface area contributed by atoms with E-state index in [4.69, 9.17) is 10.00 Å². The van der Waals surface area contributed by atoms with Gasteiger partial charge in [-0.3, -0.25) is 0 Å². The van der Waals surface area contributed by atoms with Crippen molar-refractivity contribution in [2.24, 2.45) is 0 Å². The molecule has 0 unspecified atom stereocenters. The van der Waals surface area contributed by atoms with Crippen LogP contribution in [0.4, 0.5) is 4.79 Å². The Morgan fingerprint density at radius 2 is 1.75 bits per heavy atom. The number of amides is 1. The molecule has 0 aromatic heterocycles. The number of benzene rings is 2. The Morgan fingerprint density at radius 1 is 1.08 bits per heavy atom. The molecule has 1 atom stereocenters. The standard InChI is InChI=1S/C18H16N2O4/c19-11-14-8-6-13(7-9-14)10-16(17(21)22)20-18(23)24-12-15-4-2-1-3-5-15/h1-9,16H,10,12H2,(H,20,23)(H,21,22)/t16-/m0/s1. The van der Waals surface area contributed by atoms with E-state index in [0.717, 1.165) is 5.56 Å². The highest BCUT2D eigenvalue weighted by atomic mass is 16.5. The number of aliphatic carboxylic acids is 1. The highest BCUT2D eigenvalue weighted by Crippen LogP contribution is 2.07. The van der Waals surface area contributed by atoms with Crippen LogP contribution in [0, 0.1) is 11.3 Å². The molecule has 0 fully saturated rings. The van der Waals surface area contributed by atoms with Crippen LogP contribution in [0.15, 0.2) is 54.6 Å². The second kappa shape index (κ2) is 8.34. The van der Waals surface area contributed by atoms with Crippen molar-refractivity contribution >= 4 is 12.1 Å². The van der Waals surface area contributed by atoms with Gasteiger partial charge in [-0.05, 0) is 23.3 Å². The third-order valence-corrected chi connectivity index (χ3v) is 3.33. The van der Waals surface area contributed by atoms with Crippen LogP contribution >= 0.6 is 0 Å². The average Bonchev–Trinajstić information content (AvgIpc) is 2.61. The second-order valence-corrected chi connectivity index (χ2v) is 5.11. The van der Waals surface area contributed by atoms with Gasteiger partial charge < -0.3 is 15.2 Å². The number of nitrogens with one attached hydrogen (secondary N) is 1. The number of hydrogen-bond donors (Lipinski definition) is 2. The van der Waals surface area contributed by atoms with Crippen LogP contribution in [0.25, 0.3) is 0 Å². The summed E-state index contributed by atoms with van der Waals surface area (Å²) < 4.78 is 5.03. The molecule has 122 valence electrons. The average molecular weight is 324 g/mol. The summed E-state index contributed by atoms with van der Waals surface area (Å²) in [7, 11) is 0. The fraction of sp³-hybridized carbons (Fsp3) is 0.167. The van der Waals surface area contributed by atoms with Gasteiger partial charge in [0.2, 0.25) is 0 Å². The normalized spacial score (nSPS) is 11.1. The van der Waals surface area contributed by atoms with Gasteiger partial charge in [0.1, 0.15) is 12.6 Å². The third-order valence-electron chi connectivity index (χ3n) is 3.33. The van der Waals surface area contributed by atoms with E-state index in [1.165, 1.54) is 0 Å². The Labute approximate surface area is 139 Å². The molecule has 0 spiro atoms. The van der Waals surface area contributed by atoms with Gasteiger partial charge in [-0.2, -0.15) is 5.26 Å². The monoisotopic (exact) mass is 324 g/mol. The molecule has 2 rings (SSSR count). The van der Waals surface area contributed by atoms with E-state index in [2.05, 4.69) is 5.32 Å². The number of alkyl carbamates (subject to hydrolysis) is 1. The Balaban J connectivity index is 1.91. The first-order valence-electron chi connectivity index (χ1n) is 7.27. The SMILES string of the molecule is N#Cc1ccc(C[C@H](NC(=O)OCc2ccccc2)C(=O)O)cc1. The fourth-order valence-electron chi connectivity index (χ4n) is 2.06. The predicted molar refractivity (Wildman–Crippen MR) is 86.0 cm³/mol. The van der Waals surface area contributed by atoms with Gasteiger partial charge in [0.05, 0.1) is 11.6 Å². The zero-order valence-electron chi connectivity index (χ0n) is 12.8. The van der Waals surface area contributed by atoms with Crippen molar-refractivity contribution in [1.82, 2.24) is 5.32 Å². The molecule has 6 heteroatoms. The maximum absolute atomic E-state index is 11.8. The van der Waals surface area contributed by atoms with E-state index >= 15 is 0 Å². The van der Waals surface area contributed by atoms with Crippen LogP contribution in [0.5, 0.6) is 0 Å². The molecule has 0 heterocycles. The Bertz CT molecular complexity index is 736. The minimum absolute atomic E-state index is 0.0654. The zero-order valence-corrected chi connectivity index (χ0v) is 12.8. The molecule has 0 bridgehead atoms. The van der Waals surface area contributed by atoms with Gasteiger partial charge >= 0.3 is 12.1 Å². The van der Waals surface area contributed by atoms with Gasteiger partial charge in [-0.1, -0.05) is 42.5 Å². The van der Waals surface area contributed by atoms with Gasteiger partial charge in [-0.25, -0.2) is 9.59 Å². The van der Waals surface area contributed by atoms with Crippen molar-refractivity contribution in [1.29, 1.82) is 5.26 Å². The molecule has 6 nitrogen and oxygen atoms in total. The molecular formula is C18H16N2O4. The molecule has 2 aromatic rings. The lowest BCUT2D eigenvalue weighted by molar-refractivity contribution is -0.139. The van der Waals surface area contributed by atoms with E-state index in [9.17, 15) is 14.7 Å². The van der Waals surface area contributed by atoms with E-state index < -0.39 is 18.1 Å². The van der Waals surface area contributed by atoms with E-state index in [-0.39, 0.29) is 13.0 Å². The van der Waals surface area contributed by atoms with Crippen LogP contribution in [0.1, 0.15) is 16.7 Å². The number of carbonyl (C=O) groups is 2. The van der Waals surface area contributed by atoms with Crippen molar-refractivity contribution in [3.63, 3.8) is 0 Å². The van der Waals surface area contributed by atoms with Gasteiger partial charge in [0.15, 0.2) is 0 Å². The summed E-state index contributed by atoms with van der Waals surface area (Å²) in [4.78, 5) is 23.1. The maximum atomic E-state index is 11.8. The number of nitriles is 1. The molecule has 0 saturated heterocycles. The van der Waals surface area contributed by atoms with Crippen molar-refractivity contribution in [3.8, 4) is 6.07 Å². The number of nitrogens with zero attached hydrogens (tertiary/aromatic N) is 1. The molecule has 1 amide bonds. The van der Waals surface area contributed by atoms with E-state index in [1.54, 1.807) is 36.4 Å². The number of carboxylic acids is 1. The molecule has 24 heavy (non-hydrogen) atoms. The largest absolute Gasteiger partial charge is 0.480 e. The second-order valence-electron chi connectivity index (χ2n) is 5.11. The molecule has 0 aliphatic rings. The van der Waals surface area contributed by atoms with Gasteiger partial charge in [0, 0.05) is 6.42 Å². The minimum Gasteiger partial charge on any atom is -0.480 e. The van der Waals surface area contributed by atoms with Crippen LogP contribution in [-0.2, 0) is 22.6 Å². The fourth-order valence-corrected chi connectivity index (χ4v) is 2.06. The topological polar surface area (TPSA) is 99.4 Å². The zero-order chi connectivity index (χ0) is 17.4. The number of carbonyl (C=O) groups excluding carboxylic acids is 1. The lowest BCUT2D eigenvalue weighted by Gasteiger charge is -2.14. The van der Waals surface area contributed by atoms with Gasteiger partial charge in [-0.15, -0.1) is 0 Å². The molecule has 0 saturated carbocycles. The highest BCUT2D eigenvalue weighted by Gasteiger charge is 2.21. The molecule has 0 aliphatic carbocycles. The minimum atomic E-state index is -1.16. The first-order valence-corrected chi connectivity index (χ1v) is 7.27. The van der Waals surface area contributed by atoms with Crippen molar-refractivity contribution in [3.05, 3.63) is 71.3 Å². The first-order chi connectivity index (χ1) is 11.6. The smallest absolute Gasteiger partial charge is 0.408 e. The molecule has 0 radical (unpaired) electrons. The molecule has 2 aromatic carbocycles. The quantitative estimate of drug-likeness (QED) is 0.850. The molecular weight excluding hydrogens is 308 g/mol. The predicted octanol–water partition coefficient (Wildman–Crippen LogP) is 2.48. The maximum Gasteiger partial charge on any atom is 0.408 e. The molecule has 0 aliphatic heterocycles. The van der Waals surface area contributed by atoms with Crippen LogP contribution in [0.3, 0.4) is 0 Å². The van der Waals surface area contributed by atoms with Crippen molar-refractivity contribution < 1.29 is 19.4 Å². The summed E-state index contributed by atoms with van der Waals surface area (Å²) in [5.74, 6) is -1.16. The number of ether oxygens (including phenoxy) is 1. The number of carboxylic acid groups (broad SMARTS) is 1. The van der Waals surface area contributed by atoms with Gasteiger partial charge in [0.25, 0.3) is 0 Å². The summed E-state index contributed by atoms with van der Waals surface area (Å²) in [6.45, 7) is 0.0654.